The predicted molar refractivity (Wildman–Crippen MR) is 100 cm³/mol. The van der Waals surface area contributed by atoms with Gasteiger partial charge in [-0.2, -0.15) is 0 Å². The smallest absolute Gasteiger partial charge is 0.223 e. The third kappa shape index (κ3) is 11.5. The van der Waals surface area contributed by atoms with Crippen molar-refractivity contribution in [2.75, 3.05) is 38.6 Å². The van der Waals surface area contributed by atoms with Crippen LogP contribution in [-0.4, -0.2) is 48.8 Å². The molecule has 23 heavy (non-hydrogen) atoms. The van der Waals surface area contributed by atoms with Crippen molar-refractivity contribution < 1.29 is 9.53 Å². The molecule has 1 aliphatic heterocycles. The summed E-state index contributed by atoms with van der Waals surface area (Å²) in [4.78, 5) is 12.0. The fraction of sp³-hybridized carbons (Fsp3) is 0.833. The molecule has 5 heteroatoms. The summed E-state index contributed by atoms with van der Waals surface area (Å²) in [5, 5.41) is 2.96. The van der Waals surface area contributed by atoms with Crippen LogP contribution in [0.5, 0.6) is 0 Å². The molecule has 4 nitrogen and oxygen atoms in total. The fourth-order valence-corrected chi connectivity index (χ4v) is 3.02. The summed E-state index contributed by atoms with van der Waals surface area (Å²) in [6, 6.07) is 0. The average Bonchev–Trinajstić information content (AvgIpc) is 2.56. The van der Waals surface area contributed by atoms with Crippen LogP contribution >= 0.6 is 11.9 Å². The molecule has 0 spiro atoms. The van der Waals surface area contributed by atoms with Crippen molar-refractivity contribution in [3.8, 4) is 11.8 Å². The zero-order valence-corrected chi connectivity index (χ0v) is 16.3. The Morgan fingerprint density at radius 2 is 2.00 bits per heavy atom. The standard InChI is InChI=1S/C16H28N2O2S.C2H6/c1-4-21-18-10-7-15(8-11-18)16(19)17-9-13-20-12-5-6-14(2)3;1-2/h14-15H,4,7-13H2,1-3H3,(H,17,19);1-2H3. The van der Waals surface area contributed by atoms with Gasteiger partial charge >= 0.3 is 0 Å². The van der Waals surface area contributed by atoms with Crippen molar-refractivity contribution in [2.45, 2.75) is 47.5 Å². The lowest BCUT2D eigenvalue weighted by Crippen LogP contribution is -2.39. The molecule has 1 fully saturated rings. The first-order valence-corrected chi connectivity index (χ1v) is 9.79. The van der Waals surface area contributed by atoms with Gasteiger partial charge in [0.1, 0.15) is 6.61 Å². The molecule has 1 amide bonds. The van der Waals surface area contributed by atoms with Crippen molar-refractivity contribution in [1.82, 2.24) is 9.62 Å². The van der Waals surface area contributed by atoms with Crippen LogP contribution in [0.25, 0.3) is 0 Å². The highest BCUT2D eigenvalue weighted by molar-refractivity contribution is 7.96. The second-order valence-electron chi connectivity index (χ2n) is 5.44. The van der Waals surface area contributed by atoms with Gasteiger partial charge in [0.25, 0.3) is 0 Å². The number of carbonyl (C=O) groups is 1. The van der Waals surface area contributed by atoms with Crippen LogP contribution in [-0.2, 0) is 9.53 Å². The number of nitrogens with zero attached hydrogens (tertiary/aromatic N) is 1. The maximum absolute atomic E-state index is 12.0. The summed E-state index contributed by atoms with van der Waals surface area (Å²) in [5.41, 5.74) is 0. The number of carbonyl (C=O) groups excluding carboxylic acids is 1. The van der Waals surface area contributed by atoms with E-state index in [0.29, 0.717) is 25.7 Å². The first kappa shape index (κ1) is 22.3. The Bertz CT molecular complexity index is 356. The van der Waals surface area contributed by atoms with E-state index in [1.165, 1.54) is 0 Å². The SMILES string of the molecule is CC.CCSN1CCC(C(=O)NCCOCC#CC(C)C)CC1. The molecule has 1 N–H and O–H groups in total. The summed E-state index contributed by atoms with van der Waals surface area (Å²) < 4.78 is 7.73. The van der Waals surface area contributed by atoms with E-state index in [2.05, 4.69) is 42.2 Å². The summed E-state index contributed by atoms with van der Waals surface area (Å²) in [5.74, 6) is 7.83. The Balaban J connectivity index is 0.00000232. The number of hydrogen-bond donors (Lipinski definition) is 1. The van der Waals surface area contributed by atoms with Crippen LogP contribution in [0.2, 0.25) is 0 Å². The van der Waals surface area contributed by atoms with Gasteiger partial charge in [0, 0.05) is 37.2 Å². The molecular weight excluding hydrogens is 308 g/mol. The monoisotopic (exact) mass is 342 g/mol. The molecule has 0 saturated carbocycles. The van der Waals surface area contributed by atoms with Gasteiger partial charge < -0.3 is 10.1 Å². The van der Waals surface area contributed by atoms with Crippen LogP contribution in [0.1, 0.15) is 47.5 Å². The maximum Gasteiger partial charge on any atom is 0.223 e. The van der Waals surface area contributed by atoms with Gasteiger partial charge in [-0.1, -0.05) is 58.4 Å². The number of rotatable bonds is 7. The van der Waals surface area contributed by atoms with Crippen LogP contribution in [0.15, 0.2) is 0 Å². The lowest BCUT2D eigenvalue weighted by Gasteiger charge is -2.29. The van der Waals surface area contributed by atoms with Gasteiger partial charge in [0.05, 0.1) is 6.61 Å². The van der Waals surface area contributed by atoms with Crippen molar-refractivity contribution in [1.29, 1.82) is 0 Å². The van der Waals surface area contributed by atoms with E-state index >= 15 is 0 Å². The molecule has 0 aliphatic carbocycles. The van der Waals surface area contributed by atoms with E-state index < -0.39 is 0 Å². The first-order chi connectivity index (χ1) is 11.1. The highest BCUT2D eigenvalue weighted by Crippen LogP contribution is 2.22. The van der Waals surface area contributed by atoms with Crippen molar-refractivity contribution in [3.63, 3.8) is 0 Å². The van der Waals surface area contributed by atoms with E-state index in [4.69, 9.17) is 4.74 Å². The first-order valence-electron chi connectivity index (χ1n) is 8.85. The molecule has 0 aromatic carbocycles. The van der Waals surface area contributed by atoms with Crippen molar-refractivity contribution in [3.05, 3.63) is 0 Å². The van der Waals surface area contributed by atoms with E-state index in [1.54, 1.807) is 0 Å². The van der Waals surface area contributed by atoms with Gasteiger partial charge in [0.2, 0.25) is 5.91 Å². The number of amides is 1. The Labute approximate surface area is 147 Å². The lowest BCUT2D eigenvalue weighted by atomic mass is 9.97. The lowest BCUT2D eigenvalue weighted by molar-refractivity contribution is -0.126. The summed E-state index contributed by atoms with van der Waals surface area (Å²) >= 11 is 1.87. The second-order valence-corrected chi connectivity index (χ2v) is 6.79. The average molecular weight is 343 g/mol. The quantitative estimate of drug-likeness (QED) is 0.438. The van der Waals surface area contributed by atoms with Gasteiger partial charge in [-0.3, -0.25) is 9.10 Å². The van der Waals surface area contributed by atoms with Gasteiger partial charge in [-0.15, -0.1) is 0 Å². The van der Waals surface area contributed by atoms with Gasteiger partial charge in [-0.05, 0) is 12.8 Å². The summed E-state index contributed by atoms with van der Waals surface area (Å²) in [7, 11) is 0. The number of nitrogens with one attached hydrogen (secondary N) is 1. The topological polar surface area (TPSA) is 41.6 Å². The Kier molecular flexibility index (Phi) is 14.4. The number of ether oxygens (including phenoxy) is 1. The normalized spacial score (nSPS) is 15.4. The molecule has 1 saturated heterocycles. The molecule has 0 atom stereocenters. The molecule has 0 radical (unpaired) electrons. The zero-order valence-electron chi connectivity index (χ0n) is 15.5. The molecular formula is C18H34N2O2S. The third-order valence-electron chi connectivity index (χ3n) is 3.25. The summed E-state index contributed by atoms with van der Waals surface area (Å²) in [6.45, 7) is 13.8. The number of hydrogen-bond acceptors (Lipinski definition) is 4. The molecule has 134 valence electrons. The van der Waals surface area contributed by atoms with Crippen molar-refractivity contribution >= 4 is 17.9 Å². The van der Waals surface area contributed by atoms with Gasteiger partial charge in [-0.25, -0.2) is 0 Å². The maximum atomic E-state index is 12.0. The molecule has 0 bridgehead atoms. The predicted octanol–water partition coefficient (Wildman–Crippen LogP) is 3.18. The highest BCUT2D eigenvalue weighted by atomic mass is 32.2. The molecule has 1 aliphatic rings. The van der Waals surface area contributed by atoms with Crippen molar-refractivity contribution in [2.24, 2.45) is 11.8 Å². The molecule has 0 aromatic heterocycles. The van der Waals surface area contributed by atoms with E-state index in [9.17, 15) is 4.79 Å². The van der Waals surface area contributed by atoms with E-state index in [0.717, 1.165) is 31.7 Å². The molecule has 0 aromatic rings. The Morgan fingerprint density at radius 3 is 2.57 bits per heavy atom. The number of piperidine rings is 1. The Hall–Kier alpha value is -0.700. The third-order valence-corrected chi connectivity index (χ3v) is 4.24. The van der Waals surface area contributed by atoms with Gasteiger partial charge in [0.15, 0.2) is 0 Å². The second kappa shape index (κ2) is 14.9. The van der Waals surface area contributed by atoms with E-state index in [-0.39, 0.29) is 11.8 Å². The zero-order chi connectivity index (χ0) is 17.5. The van der Waals surface area contributed by atoms with E-state index in [1.807, 2.05) is 25.8 Å². The minimum Gasteiger partial charge on any atom is -0.367 e. The Morgan fingerprint density at radius 1 is 1.35 bits per heavy atom. The largest absolute Gasteiger partial charge is 0.367 e. The molecule has 1 rings (SSSR count). The van der Waals surface area contributed by atoms with Crippen LogP contribution in [0.3, 0.4) is 0 Å². The van der Waals surface area contributed by atoms with Crippen LogP contribution < -0.4 is 5.32 Å². The van der Waals surface area contributed by atoms with Crippen LogP contribution in [0, 0.1) is 23.7 Å². The molecule has 1 heterocycles. The minimum absolute atomic E-state index is 0.166. The fourth-order valence-electron chi connectivity index (χ4n) is 2.19. The van der Waals surface area contributed by atoms with Crippen LogP contribution in [0.4, 0.5) is 0 Å². The summed E-state index contributed by atoms with van der Waals surface area (Å²) in [6.07, 6.45) is 1.92. The minimum atomic E-state index is 0.166. The highest BCUT2D eigenvalue weighted by Gasteiger charge is 2.24. The molecule has 0 unspecified atom stereocenters.